The van der Waals surface area contributed by atoms with Crippen LogP contribution in [0, 0.1) is 0 Å². The molecule has 2 aliphatic rings. The van der Waals surface area contributed by atoms with E-state index >= 15 is 0 Å². The summed E-state index contributed by atoms with van der Waals surface area (Å²) in [5.74, 6) is 3.26. The van der Waals surface area contributed by atoms with E-state index in [9.17, 15) is 0 Å². The Hall–Kier alpha value is -3.75. The first-order chi connectivity index (χ1) is 24.5. The van der Waals surface area contributed by atoms with Gasteiger partial charge >= 0.3 is 257 Å². The summed E-state index contributed by atoms with van der Waals surface area (Å²) in [6.45, 7) is 0. The van der Waals surface area contributed by atoms with Gasteiger partial charge in [-0.1, -0.05) is 60.7 Å². The second-order valence-corrected chi connectivity index (χ2v) is 29.9. The number of halogens is 2. The van der Waals surface area contributed by atoms with Gasteiger partial charge in [0.1, 0.15) is 0 Å². The summed E-state index contributed by atoms with van der Waals surface area (Å²) in [7, 11) is 0. The molecule has 0 fully saturated rings. The van der Waals surface area contributed by atoms with Crippen LogP contribution in [0.3, 0.4) is 0 Å². The third kappa shape index (κ3) is 5.54. The third-order valence-corrected chi connectivity index (χ3v) is 18.1. The monoisotopic (exact) mass is 908 g/mol. The molecular weight excluding hydrogens is 877 g/mol. The van der Waals surface area contributed by atoms with Crippen LogP contribution in [-0.4, -0.2) is 4.93 Å². The van der Waals surface area contributed by atoms with E-state index in [2.05, 4.69) is 181 Å². The van der Waals surface area contributed by atoms with Crippen molar-refractivity contribution in [2.45, 2.75) is 4.43 Å². The SMILES string of the molecule is CI(I)Cc1cccc(-c2cc(-c3ccccc3)c3c4c2Oc2ccc(-c5ccccc5)cc2P4(=S)c2cc(-c4ccccc4)ccc2O3)c1. The average molecular weight is 909 g/mol. The van der Waals surface area contributed by atoms with Gasteiger partial charge in [0.25, 0.3) is 0 Å². The topological polar surface area (TPSA) is 18.5 Å². The molecule has 244 valence electrons. The van der Waals surface area contributed by atoms with Crippen LogP contribution >= 0.6 is 40.5 Å². The van der Waals surface area contributed by atoms with Gasteiger partial charge in [-0.2, -0.15) is 0 Å². The zero-order valence-corrected chi connectivity index (χ0v) is 33.2. The maximum absolute atomic E-state index is 7.24. The molecule has 7 aromatic rings. The Labute approximate surface area is 315 Å². The number of alkyl halides is 2. The van der Waals surface area contributed by atoms with Crippen LogP contribution in [-0.2, 0) is 16.2 Å². The second-order valence-electron chi connectivity index (χ2n) is 12.6. The average Bonchev–Trinajstić information content (AvgIpc) is 3.15. The van der Waals surface area contributed by atoms with E-state index < -0.39 is 21.9 Å². The standard InChI is InChI=1S/C44H31I2O2PS/c1-46(45)28-29-12-11-19-35(24-29)37-27-36(32-17-9-4-10-18-32)42-44-43(37)48-39-23-21-34(31-15-7-3-8-16-31)26-41(39)49(44,50)40-25-33(20-22-38(40)47-42)30-13-5-2-6-14-30/h2-27H,28H2,1H3. The van der Waals surface area contributed by atoms with Gasteiger partial charge in [-0.15, -0.1) is 0 Å². The van der Waals surface area contributed by atoms with Crippen LogP contribution in [0.5, 0.6) is 23.0 Å². The van der Waals surface area contributed by atoms with Crippen molar-refractivity contribution in [2.75, 3.05) is 4.93 Å². The Kier molecular flexibility index (Phi) is 8.43. The summed E-state index contributed by atoms with van der Waals surface area (Å²) >= 11 is 8.86. The predicted molar refractivity (Wildman–Crippen MR) is 232 cm³/mol. The molecule has 0 spiro atoms. The number of rotatable bonds is 6. The fourth-order valence-electron chi connectivity index (χ4n) is 7.12. The van der Waals surface area contributed by atoms with Crippen molar-refractivity contribution in [1.82, 2.24) is 0 Å². The Morgan fingerprint density at radius 2 is 1.00 bits per heavy atom. The number of hydrogen-bond acceptors (Lipinski definition) is 3. The van der Waals surface area contributed by atoms with Gasteiger partial charge in [0.05, 0.1) is 0 Å². The van der Waals surface area contributed by atoms with Gasteiger partial charge in [-0.25, -0.2) is 0 Å². The van der Waals surface area contributed by atoms with Crippen LogP contribution in [0.1, 0.15) is 5.56 Å². The summed E-state index contributed by atoms with van der Waals surface area (Å²) in [4.78, 5) is 2.41. The molecular formula is C44H31I2O2PS. The number of hydrogen-bond donors (Lipinski definition) is 0. The molecule has 7 aromatic carbocycles. The maximum atomic E-state index is 7.24. The van der Waals surface area contributed by atoms with Crippen LogP contribution < -0.4 is 25.4 Å². The molecule has 0 radical (unpaired) electrons. The molecule has 0 bridgehead atoms. The molecule has 1 unspecified atom stereocenters. The number of fused-ring (bicyclic) bond motifs is 4. The Morgan fingerprint density at radius 3 is 1.52 bits per heavy atom. The summed E-state index contributed by atoms with van der Waals surface area (Å²) in [6.07, 6.45) is 0. The summed E-state index contributed by atoms with van der Waals surface area (Å²) in [5.41, 5.74) is 10.2. The van der Waals surface area contributed by atoms with Gasteiger partial charge in [0.15, 0.2) is 0 Å². The van der Waals surface area contributed by atoms with Crippen molar-refractivity contribution in [3.05, 3.63) is 163 Å². The van der Waals surface area contributed by atoms with Gasteiger partial charge < -0.3 is 0 Å². The van der Waals surface area contributed by atoms with Crippen molar-refractivity contribution in [1.29, 1.82) is 0 Å². The van der Waals surface area contributed by atoms with Crippen LogP contribution in [0.2, 0.25) is 0 Å². The molecule has 0 aliphatic carbocycles. The van der Waals surface area contributed by atoms with E-state index in [1.54, 1.807) is 0 Å². The molecule has 0 N–H and O–H groups in total. The third-order valence-electron chi connectivity index (χ3n) is 9.42. The van der Waals surface area contributed by atoms with E-state index in [0.29, 0.717) is 0 Å². The van der Waals surface area contributed by atoms with Crippen molar-refractivity contribution in [3.8, 4) is 67.5 Å². The van der Waals surface area contributed by atoms with Crippen molar-refractivity contribution < 1.29 is 9.47 Å². The van der Waals surface area contributed by atoms with E-state index in [0.717, 1.165) is 87.8 Å². The summed E-state index contributed by atoms with van der Waals surface area (Å²) in [6, 6.07) is 53.3. The molecule has 6 heteroatoms. The van der Waals surface area contributed by atoms with E-state index in [1.165, 1.54) is 5.56 Å². The van der Waals surface area contributed by atoms with Gasteiger partial charge in [-0.3, -0.25) is 0 Å². The first-order valence-electron chi connectivity index (χ1n) is 16.4. The normalized spacial score (nSPS) is 15.5. The van der Waals surface area contributed by atoms with E-state index in [4.69, 9.17) is 21.3 Å². The molecule has 1 atom stereocenters. The molecule has 0 amide bonds. The molecule has 2 heterocycles. The fourth-order valence-corrected chi connectivity index (χ4v) is 15.5. The second kappa shape index (κ2) is 13.1. The van der Waals surface area contributed by atoms with Crippen LogP contribution in [0.25, 0.3) is 44.5 Å². The minimum atomic E-state index is -2.75. The fraction of sp³-hybridized carbons (Fsp3) is 0.0455. The summed E-state index contributed by atoms with van der Waals surface area (Å²) < 4.78 is 15.3. The van der Waals surface area contributed by atoms with Crippen molar-refractivity contribution in [3.63, 3.8) is 0 Å². The number of ether oxygens (including phenoxy) is 2. The summed E-state index contributed by atoms with van der Waals surface area (Å²) in [5, 5.41) is 3.13. The Bertz CT molecular complexity index is 2410. The van der Waals surface area contributed by atoms with Crippen molar-refractivity contribution >= 4 is 68.2 Å². The molecule has 0 saturated carbocycles. The first-order valence-corrected chi connectivity index (χ1v) is 29.2. The van der Waals surface area contributed by atoms with Gasteiger partial charge in [0, 0.05) is 0 Å². The van der Waals surface area contributed by atoms with Crippen LogP contribution in [0.4, 0.5) is 0 Å². The molecule has 9 rings (SSSR count). The van der Waals surface area contributed by atoms with Crippen LogP contribution in [0.15, 0.2) is 158 Å². The van der Waals surface area contributed by atoms with Gasteiger partial charge in [-0.05, 0) is 0 Å². The quantitative estimate of drug-likeness (QED) is 0.0941. The minimum absolute atomic E-state index is 0.805. The molecule has 50 heavy (non-hydrogen) atoms. The molecule has 0 aromatic heterocycles. The zero-order valence-electron chi connectivity index (χ0n) is 27.1. The molecule has 0 saturated heterocycles. The van der Waals surface area contributed by atoms with Crippen molar-refractivity contribution in [2.24, 2.45) is 0 Å². The predicted octanol–water partition coefficient (Wildman–Crippen LogP) is 12.3. The number of benzene rings is 7. The van der Waals surface area contributed by atoms with E-state index in [-0.39, 0.29) is 0 Å². The Morgan fingerprint density at radius 1 is 0.520 bits per heavy atom. The van der Waals surface area contributed by atoms with E-state index in [1.807, 2.05) is 0 Å². The van der Waals surface area contributed by atoms with Gasteiger partial charge in [0.2, 0.25) is 0 Å². The molecule has 2 nitrogen and oxygen atoms in total. The zero-order chi connectivity index (χ0) is 33.8. The molecule has 2 aliphatic heterocycles. The Balaban J connectivity index is 1.37. The first kappa shape index (κ1) is 32.2.